The lowest BCUT2D eigenvalue weighted by atomic mass is 10.0. The maximum atomic E-state index is 13.7. The molecule has 2 aromatic rings. The Morgan fingerprint density at radius 2 is 1.84 bits per heavy atom. The highest BCUT2D eigenvalue weighted by Crippen LogP contribution is 2.25. The molecule has 0 aliphatic rings. The second kappa shape index (κ2) is 5.99. The third kappa shape index (κ3) is 3.53. The molecule has 1 N–H and O–H groups in total. The summed E-state index contributed by atoms with van der Waals surface area (Å²) in [5, 5.41) is 10.3. The highest BCUT2D eigenvalue weighted by atomic mass is 79.9. The Labute approximate surface area is 123 Å². The van der Waals surface area contributed by atoms with E-state index in [1.54, 1.807) is 6.07 Å². The highest BCUT2D eigenvalue weighted by molar-refractivity contribution is 9.10. The molecule has 1 nitrogen and oxygen atoms in total. The van der Waals surface area contributed by atoms with Crippen LogP contribution < -0.4 is 0 Å². The van der Waals surface area contributed by atoms with Crippen LogP contribution in [0.1, 0.15) is 17.2 Å². The molecule has 1 atom stereocenters. The second-order valence-electron chi connectivity index (χ2n) is 4.12. The van der Waals surface area contributed by atoms with Crippen LogP contribution in [0, 0.1) is 11.6 Å². The first-order valence-electron chi connectivity index (χ1n) is 5.54. The van der Waals surface area contributed by atoms with Crippen LogP contribution >= 0.6 is 27.5 Å². The molecule has 0 saturated carbocycles. The van der Waals surface area contributed by atoms with Gasteiger partial charge in [-0.3, -0.25) is 0 Å². The van der Waals surface area contributed by atoms with E-state index in [9.17, 15) is 13.9 Å². The number of aliphatic hydroxyl groups excluding tert-OH is 1. The van der Waals surface area contributed by atoms with Crippen LogP contribution in [0.25, 0.3) is 0 Å². The van der Waals surface area contributed by atoms with Gasteiger partial charge in [0.05, 0.1) is 6.10 Å². The minimum Gasteiger partial charge on any atom is -0.388 e. The van der Waals surface area contributed by atoms with Crippen LogP contribution in [0.15, 0.2) is 40.9 Å². The normalized spacial score (nSPS) is 12.5. The van der Waals surface area contributed by atoms with Crippen LogP contribution in [-0.4, -0.2) is 5.11 Å². The number of halogens is 4. The summed E-state index contributed by atoms with van der Waals surface area (Å²) in [5.41, 5.74) is 0.428. The van der Waals surface area contributed by atoms with Gasteiger partial charge in [0, 0.05) is 21.5 Å². The molecule has 19 heavy (non-hydrogen) atoms. The number of aliphatic hydroxyl groups is 1. The summed E-state index contributed by atoms with van der Waals surface area (Å²) in [6, 6.07) is 8.54. The van der Waals surface area contributed by atoms with Crippen molar-refractivity contribution in [3.05, 3.63) is 68.7 Å². The Hall–Kier alpha value is -0.970. The lowest BCUT2D eigenvalue weighted by Gasteiger charge is -2.13. The van der Waals surface area contributed by atoms with Crippen molar-refractivity contribution in [2.45, 2.75) is 12.5 Å². The van der Waals surface area contributed by atoms with E-state index in [0.717, 1.165) is 0 Å². The standard InChI is InChI=1S/C14H10BrClF2O/c15-9-2-4-11(13(18)6-9)14(19)5-8-1-3-10(16)7-12(8)17/h1-4,6-7,14,19H,5H2. The van der Waals surface area contributed by atoms with Crippen molar-refractivity contribution < 1.29 is 13.9 Å². The minimum atomic E-state index is -1.11. The van der Waals surface area contributed by atoms with Gasteiger partial charge in [0.25, 0.3) is 0 Å². The van der Waals surface area contributed by atoms with E-state index in [4.69, 9.17) is 11.6 Å². The zero-order valence-electron chi connectivity index (χ0n) is 9.71. The van der Waals surface area contributed by atoms with Gasteiger partial charge in [-0.15, -0.1) is 0 Å². The summed E-state index contributed by atoms with van der Waals surface area (Å²) in [6.45, 7) is 0. The van der Waals surface area contributed by atoms with Crippen molar-refractivity contribution in [3.8, 4) is 0 Å². The molecule has 0 saturated heterocycles. The average molecular weight is 348 g/mol. The monoisotopic (exact) mass is 346 g/mol. The zero-order chi connectivity index (χ0) is 14.0. The van der Waals surface area contributed by atoms with Gasteiger partial charge in [0.1, 0.15) is 11.6 Å². The number of hydrogen-bond acceptors (Lipinski definition) is 1. The number of rotatable bonds is 3. The first-order valence-corrected chi connectivity index (χ1v) is 6.71. The molecule has 0 amide bonds. The molecule has 0 bridgehead atoms. The van der Waals surface area contributed by atoms with E-state index in [0.29, 0.717) is 10.0 Å². The van der Waals surface area contributed by atoms with Crippen LogP contribution in [0.4, 0.5) is 8.78 Å². The fraction of sp³-hybridized carbons (Fsp3) is 0.143. The first-order chi connectivity index (χ1) is 8.97. The summed E-state index contributed by atoms with van der Waals surface area (Å²) in [6.07, 6.45) is -1.12. The third-order valence-corrected chi connectivity index (χ3v) is 3.48. The first kappa shape index (κ1) is 14.4. The summed E-state index contributed by atoms with van der Waals surface area (Å²) < 4.78 is 27.8. The summed E-state index contributed by atoms with van der Waals surface area (Å²) in [5.74, 6) is -1.04. The van der Waals surface area contributed by atoms with E-state index < -0.39 is 17.7 Å². The molecule has 5 heteroatoms. The van der Waals surface area contributed by atoms with E-state index in [1.165, 1.54) is 30.3 Å². The van der Waals surface area contributed by atoms with Gasteiger partial charge in [-0.1, -0.05) is 39.7 Å². The molecule has 0 spiro atoms. The van der Waals surface area contributed by atoms with Crippen LogP contribution in [-0.2, 0) is 6.42 Å². The van der Waals surface area contributed by atoms with E-state index >= 15 is 0 Å². The van der Waals surface area contributed by atoms with Gasteiger partial charge in [0.15, 0.2) is 0 Å². The molecule has 1 unspecified atom stereocenters. The Morgan fingerprint density at radius 1 is 1.11 bits per heavy atom. The summed E-state index contributed by atoms with van der Waals surface area (Å²) in [7, 11) is 0. The Morgan fingerprint density at radius 3 is 2.47 bits per heavy atom. The van der Waals surface area contributed by atoms with E-state index in [-0.39, 0.29) is 17.0 Å². The molecule has 0 aliphatic carbocycles. The Kier molecular flexibility index (Phi) is 4.55. The molecule has 0 fully saturated rings. The minimum absolute atomic E-state index is 0.0123. The Bertz CT molecular complexity index is 604. The third-order valence-electron chi connectivity index (χ3n) is 2.75. The number of hydrogen-bond donors (Lipinski definition) is 1. The maximum absolute atomic E-state index is 13.7. The summed E-state index contributed by atoms with van der Waals surface area (Å²) >= 11 is 8.78. The molecule has 0 heterocycles. The maximum Gasteiger partial charge on any atom is 0.130 e. The van der Waals surface area contributed by atoms with E-state index in [1.807, 2.05) is 0 Å². The van der Waals surface area contributed by atoms with Crippen molar-refractivity contribution in [1.29, 1.82) is 0 Å². The smallest absolute Gasteiger partial charge is 0.130 e. The predicted molar refractivity (Wildman–Crippen MR) is 74.2 cm³/mol. The van der Waals surface area contributed by atoms with E-state index in [2.05, 4.69) is 15.9 Å². The zero-order valence-corrected chi connectivity index (χ0v) is 12.0. The van der Waals surface area contributed by atoms with Crippen LogP contribution in [0.5, 0.6) is 0 Å². The van der Waals surface area contributed by atoms with Gasteiger partial charge in [-0.2, -0.15) is 0 Å². The largest absolute Gasteiger partial charge is 0.388 e. The fourth-order valence-electron chi connectivity index (χ4n) is 1.78. The van der Waals surface area contributed by atoms with Crippen LogP contribution in [0.2, 0.25) is 5.02 Å². The summed E-state index contributed by atoms with van der Waals surface area (Å²) in [4.78, 5) is 0. The van der Waals surface area contributed by atoms with Gasteiger partial charge < -0.3 is 5.11 Å². The molecule has 2 aromatic carbocycles. The van der Waals surface area contributed by atoms with Gasteiger partial charge in [-0.25, -0.2) is 8.78 Å². The average Bonchev–Trinajstić information content (AvgIpc) is 2.32. The molecular weight excluding hydrogens is 338 g/mol. The van der Waals surface area contributed by atoms with Crippen molar-refractivity contribution in [2.24, 2.45) is 0 Å². The van der Waals surface area contributed by atoms with Crippen molar-refractivity contribution >= 4 is 27.5 Å². The van der Waals surface area contributed by atoms with Crippen molar-refractivity contribution in [1.82, 2.24) is 0 Å². The van der Waals surface area contributed by atoms with Crippen molar-refractivity contribution in [2.75, 3.05) is 0 Å². The lowest BCUT2D eigenvalue weighted by molar-refractivity contribution is 0.172. The molecule has 0 radical (unpaired) electrons. The van der Waals surface area contributed by atoms with Gasteiger partial charge in [0.2, 0.25) is 0 Å². The van der Waals surface area contributed by atoms with Gasteiger partial charge >= 0.3 is 0 Å². The molecular formula is C14H10BrClF2O. The molecule has 0 aromatic heterocycles. The fourth-order valence-corrected chi connectivity index (χ4v) is 2.27. The lowest BCUT2D eigenvalue weighted by Crippen LogP contribution is -2.05. The molecule has 2 rings (SSSR count). The quantitative estimate of drug-likeness (QED) is 0.856. The van der Waals surface area contributed by atoms with Crippen molar-refractivity contribution in [3.63, 3.8) is 0 Å². The highest BCUT2D eigenvalue weighted by Gasteiger charge is 2.15. The second-order valence-corrected chi connectivity index (χ2v) is 5.47. The SMILES string of the molecule is OC(Cc1ccc(Cl)cc1F)c1ccc(Br)cc1F. The predicted octanol–water partition coefficient (Wildman–Crippen LogP) is 4.66. The molecule has 100 valence electrons. The van der Waals surface area contributed by atoms with Gasteiger partial charge in [-0.05, 0) is 29.8 Å². The van der Waals surface area contributed by atoms with Crippen LogP contribution in [0.3, 0.4) is 0 Å². The number of benzene rings is 2. The topological polar surface area (TPSA) is 20.2 Å². The Balaban J connectivity index is 2.23. The molecule has 0 aliphatic heterocycles.